The van der Waals surface area contributed by atoms with Gasteiger partial charge in [-0.25, -0.2) is 18.2 Å². The highest BCUT2D eigenvalue weighted by Crippen LogP contribution is 2.49. The molecule has 0 bridgehead atoms. The van der Waals surface area contributed by atoms with Crippen LogP contribution in [0.3, 0.4) is 0 Å². The van der Waals surface area contributed by atoms with Crippen molar-refractivity contribution < 1.29 is 32.2 Å². The van der Waals surface area contributed by atoms with Crippen molar-refractivity contribution >= 4 is 35.3 Å². The Balaban J connectivity index is 1.22. The summed E-state index contributed by atoms with van der Waals surface area (Å²) in [5.41, 5.74) is 12.7. The standard InChI is InChI=1S/C34H33ClF3N5O4/c1-33(32(40)45)15-46-30-22(33)12-24(43-29(30)20-6-7-23(36)26(35)27(20)37)21(16-2-3-16)14-41-31(44)17-10-18(13-42-34(38)8-9-34)28(39)25(11-17)47-19-4-5-19/h6-7,10-13,16,19,21H,2-5,8-9,14-15,39H2,1H3,(H2,40,45)(H,41,44)/b42-13+/t21-,33-/m0/s1. The minimum Gasteiger partial charge on any atom is -0.489 e. The van der Waals surface area contributed by atoms with Crippen molar-refractivity contribution in [2.24, 2.45) is 16.6 Å². The van der Waals surface area contributed by atoms with Crippen LogP contribution < -0.4 is 26.3 Å². The van der Waals surface area contributed by atoms with E-state index >= 15 is 4.39 Å². The Kier molecular flexibility index (Phi) is 7.61. The molecule has 7 rings (SSSR count). The second-order valence-electron chi connectivity index (χ2n) is 13.1. The first-order valence-electron chi connectivity index (χ1n) is 15.6. The van der Waals surface area contributed by atoms with Gasteiger partial charge in [0, 0.05) is 59.5 Å². The van der Waals surface area contributed by atoms with Gasteiger partial charge in [0.2, 0.25) is 5.91 Å². The molecule has 3 saturated carbocycles. The number of nitrogens with one attached hydrogen (secondary N) is 1. The third-order valence-corrected chi connectivity index (χ3v) is 9.68. The van der Waals surface area contributed by atoms with E-state index in [4.69, 9.17) is 37.5 Å². The molecule has 2 atom stereocenters. The number of benzene rings is 2. The highest BCUT2D eigenvalue weighted by Gasteiger charge is 2.46. The number of anilines is 1. The third-order valence-electron chi connectivity index (χ3n) is 9.33. The zero-order chi connectivity index (χ0) is 33.2. The van der Waals surface area contributed by atoms with Gasteiger partial charge in [0.1, 0.15) is 40.1 Å². The molecule has 5 N–H and O–H groups in total. The normalized spacial score (nSPS) is 21.6. The van der Waals surface area contributed by atoms with E-state index in [2.05, 4.69) is 10.3 Å². The molecular formula is C34H33ClF3N5O4. The van der Waals surface area contributed by atoms with Gasteiger partial charge in [-0.1, -0.05) is 11.6 Å². The molecule has 2 aromatic carbocycles. The molecule has 246 valence electrons. The number of aliphatic imine (C=N–C) groups is 1. The largest absolute Gasteiger partial charge is 0.489 e. The minimum absolute atomic E-state index is 0.00608. The Bertz CT molecular complexity index is 1840. The predicted octanol–water partition coefficient (Wildman–Crippen LogP) is 5.74. The van der Waals surface area contributed by atoms with Crippen LogP contribution in [-0.4, -0.2) is 48.1 Å². The lowest BCUT2D eigenvalue weighted by Gasteiger charge is -2.22. The molecule has 1 aliphatic heterocycles. The number of ether oxygens (including phenoxy) is 2. The summed E-state index contributed by atoms with van der Waals surface area (Å²) in [4.78, 5) is 35.0. The number of pyridine rings is 1. The van der Waals surface area contributed by atoms with E-state index in [0.29, 0.717) is 35.4 Å². The second-order valence-corrected chi connectivity index (χ2v) is 13.5. The van der Waals surface area contributed by atoms with Crippen LogP contribution in [0.4, 0.5) is 18.9 Å². The van der Waals surface area contributed by atoms with Gasteiger partial charge in [-0.05, 0) is 68.9 Å². The van der Waals surface area contributed by atoms with E-state index in [1.165, 1.54) is 12.3 Å². The first-order valence-corrected chi connectivity index (χ1v) is 16.0. The van der Waals surface area contributed by atoms with Crippen molar-refractivity contribution in [3.05, 3.63) is 69.4 Å². The monoisotopic (exact) mass is 667 g/mol. The molecule has 47 heavy (non-hydrogen) atoms. The van der Waals surface area contributed by atoms with Gasteiger partial charge in [-0.15, -0.1) is 0 Å². The number of nitrogens with zero attached hydrogens (tertiary/aromatic N) is 2. The van der Waals surface area contributed by atoms with E-state index in [-0.39, 0.29) is 59.3 Å². The Morgan fingerprint density at radius 1 is 1.21 bits per heavy atom. The van der Waals surface area contributed by atoms with Crippen molar-refractivity contribution in [3.63, 3.8) is 0 Å². The molecule has 1 aromatic heterocycles. The fourth-order valence-electron chi connectivity index (χ4n) is 5.77. The van der Waals surface area contributed by atoms with E-state index in [1.807, 2.05) is 0 Å². The SMILES string of the molecule is C[C@]1(C(N)=O)COc2c1cc([C@@H](CNC(=O)c1cc(/C=N/C3(F)CC3)c(N)c(OC3CC3)c1)C1CC1)nc2-c1ccc(F)c(Cl)c1F. The van der Waals surface area contributed by atoms with Crippen molar-refractivity contribution in [1.82, 2.24) is 10.3 Å². The van der Waals surface area contributed by atoms with E-state index in [1.54, 1.807) is 25.1 Å². The number of primary amides is 1. The van der Waals surface area contributed by atoms with Crippen LogP contribution >= 0.6 is 11.6 Å². The van der Waals surface area contributed by atoms with Gasteiger partial charge in [-0.3, -0.25) is 14.6 Å². The first kappa shape index (κ1) is 31.3. The van der Waals surface area contributed by atoms with Crippen LogP contribution in [0.1, 0.15) is 78.5 Å². The zero-order valence-corrected chi connectivity index (χ0v) is 26.3. The number of fused-ring (bicyclic) bond motifs is 1. The number of nitrogens with two attached hydrogens (primary N) is 2. The Hall–Kier alpha value is -4.32. The number of carbonyl (C=O) groups excluding carboxylic acids is 2. The van der Waals surface area contributed by atoms with Crippen LogP contribution in [0.15, 0.2) is 35.3 Å². The van der Waals surface area contributed by atoms with E-state index < -0.39 is 39.7 Å². The number of aromatic nitrogens is 1. The van der Waals surface area contributed by atoms with Gasteiger partial charge in [0.15, 0.2) is 11.6 Å². The smallest absolute Gasteiger partial charge is 0.251 e. The second kappa shape index (κ2) is 11.4. The van der Waals surface area contributed by atoms with Crippen LogP contribution in [-0.2, 0) is 10.2 Å². The van der Waals surface area contributed by atoms with E-state index in [9.17, 15) is 18.4 Å². The summed E-state index contributed by atoms with van der Waals surface area (Å²) in [5, 5.41) is 2.29. The lowest BCUT2D eigenvalue weighted by molar-refractivity contribution is -0.123. The van der Waals surface area contributed by atoms with Gasteiger partial charge >= 0.3 is 0 Å². The van der Waals surface area contributed by atoms with Crippen molar-refractivity contribution in [2.45, 2.75) is 68.7 Å². The summed E-state index contributed by atoms with van der Waals surface area (Å²) >= 11 is 5.92. The van der Waals surface area contributed by atoms with Crippen LogP contribution in [0, 0.1) is 17.6 Å². The number of carbonyl (C=O) groups is 2. The molecule has 3 aliphatic carbocycles. The highest BCUT2D eigenvalue weighted by atomic mass is 35.5. The predicted molar refractivity (Wildman–Crippen MR) is 170 cm³/mol. The zero-order valence-electron chi connectivity index (χ0n) is 25.5. The lowest BCUT2D eigenvalue weighted by Crippen LogP contribution is -2.40. The molecular weight excluding hydrogens is 635 g/mol. The first-order chi connectivity index (χ1) is 22.4. The number of nitrogen functional groups attached to an aromatic ring is 1. The number of alkyl halides is 1. The topological polar surface area (TPSA) is 142 Å². The van der Waals surface area contributed by atoms with Crippen molar-refractivity contribution in [1.29, 1.82) is 0 Å². The minimum atomic E-state index is -1.60. The number of rotatable bonds is 11. The number of halogens is 4. The van der Waals surface area contributed by atoms with Crippen LogP contribution in [0.25, 0.3) is 11.3 Å². The van der Waals surface area contributed by atoms with Gasteiger partial charge in [0.25, 0.3) is 5.91 Å². The molecule has 3 aromatic rings. The summed E-state index contributed by atoms with van der Waals surface area (Å²) < 4.78 is 55.5. The summed E-state index contributed by atoms with van der Waals surface area (Å²) in [6.45, 7) is 1.69. The maximum atomic E-state index is 15.3. The van der Waals surface area contributed by atoms with Crippen molar-refractivity contribution in [2.75, 3.05) is 18.9 Å². The summed E-state index contributed by atoms with van der Waals surface area (Å²) in [7, 11) is 0. The van der Waals surface area contributed by atoms with E-state index in [0.717, 1.165) is 31.7 Å². The maximum Gasteiger partial charge on any atom is 0.251 e. The van der Waals surface area contributed by atoms with Crippen LogP contribution in [0.2, 0.25) is 5.02 Å². The molecule has 4 aliphatic rings. The fraction of sp³-hybridized carbons (Fsp3) is 0.412. The number of hydrogen-bond donors (Lipinski definition) is 3. The lowest BCUT2D eigenvalue weighted by atomic mass is 9.82. The Morgan fingerprint density at radius 3 is 2.62 bits per heavy atom. The molecule has 3 fully saturated rings. The molecule has 9 nitrogen and oxygen atoms in total. The highest BCUT2D eigenvalue weighted by molar-refractivity contribution is 6.31. The fourth-order valence-corrected chi connectivity index (χ4v) is 5.94. The van der Waals surface area contributed by atoms with Gasteiger partial charge in [0.05, 0.1) is 11.8 Å². The Labute approximate surface area is 273 Å². The van der Waals surface area contributed by atoms with Crippen molar-refractivity contribution in [3.8, 4) is 22.8 Å². The average molecular weight is 668 g/mol. The van der Waals surface area contributed by atoms with Gasteiger partial charge in [-0.2, -0.15) is 0 Å². The summed E-state index contributed by atoms with van der Waals surface area (Å²) in [6.07, 6.45) is 5.50. The molecule has 0 saturated heterocycles. The molecule has 0 radical (unpaired) electrons. The molecule has 2 amide bonds. The molecule has 2 heterocycles. The average Bonchev–Trinajstić information content (AvgIpc) is 3.94. The van der Waals surface area contributed by atoms with Crippen LogP contribution in [0.5, 0.6) is 11.5 Å². The quantitative estimate of drug-likeness (QED) is 0.103. The number of hydrogen-bond acceptors (Lipinski definition) is 7. The Morgan fingerprint density at radius 2 is 1.96 bits per heavy atom. The molecule has 0 unspecified atom stereocenters. The summed E-state index contributed by atoms with van der Waals surface area (Å²) in [5.74, 6) is -4.30. The number of amides is 2. The molecule has 13 heteroatoms. The van der Waals surface area contributed by atoms with Gasteiger partial charge < -0.3 is 26.3 Å². The maximum absolute atomic E-state index is 15.3. The third kappa shape index (κ3) is 5.99. The molecule has 0 spiro atoms. The summed E-state index contributed by atoms with van der Waals surface area (Å²) in [6, 6.07) is 7.09.